The van der Waals surface area contributed by atoms with Crippen LogP contribution >= 0.6 is 0 Å². The fourth-order valence-corrected chi connectivity index (χ4v) is 3.50. The first-order valence-corrected chi connectivity index (χ1v) is 10.5. The molecule has 0 saturated carbocycles. The number of carbonyl (C=O) groups is 2. The molecule has 0 saturated heterocycles. The van der Waals surface area contributed by atoms with Gasteiger partial charge in [-0.15, -0.1) is 0 Å². The molecular formula is C25H27NO6. The third-order valence-corrected chi connectivity index (χ3v) is 5.27. The highest BCUT2D eigenvalue weighted by Crippen LogP contribution is 2.28. The van der Waals surface area contributed by atoms with Gasteiger partial charge in [0.2, 0.25) is 0 Å². The standard InChI is InChI=1S/C25H27NO6/c1-5-18-13-19-15(2)11-23(27)32-22(19)14-21(18)31-16(3)24(28)26-20(25(29)30-4)12-17-9-7-6-8-10-17/h6-11,13-14,16,20H,5,12H2,1-4H3,(H,26,28). The lowest BCUT2D eigenvalue weighted by molar-refractivity contribution is -0.145. The van der Waals surface area contributed by atoms with Crippen LogP contribution in [0.1, 0.15) is 30.5 Å². The van der Waals surface area contributed by atoms with Gasteiger partial charge in [0.25, 0.3) is 5.91 Å². The highest BCUT2D eigenvalue weighted by Gasteiger charge is 2.26. The van der Waals surface area contributed by atoms with Gasteiger partial charge in [-0.2, -0.15) is 0 Å². The van der Waals surface area contributed by atoms with E-state index in [4.69, 9.17) is 13.9 Å². The minimum absolute atomic E-state index is 0.298. The number of amides is 1. The Morgan fingerprint density at radius 3 is 2.50 bits per heavy atom. The molecule has 32 heavy (non-hydrogen) atoms. The number of methoxy groups -OCH3 is 1. The largest absolute Gasteiger partial charge is 0.480 e. The van der Waals surface area contributed by atoms with Gasteiger partial charge < -0.3 is 19.2 Å². The number of hydrogen-bond acceptors (Lipinski definition) is 6. The van der Waals surface area contributed by atoms with Gasteiger partial charge in [-0.25, -0.2) is 9.59 Å². The highest BCUT2D eigenvalue weighted by molar-refractivity contribution is 5.87. The number of fused-ring (bicyclic) bond motifs is 1. The maximum atomic E-state index is 12.8. The summed E-state index contributed by atoms with van der Waals surface area (Å²) in [7, 11) is 1.28. The first-order valence-electron chi connectivity index (χ1n) is 10.5. The average Bonchev–Trinajstić information content (AvgIpc) is 2.78. The highest BCUT2D eigenvalue weighted by atomic mass is 16.5. The van der Waals surface area contributed by atoms with Gasteiger partial charge in [0.05, 0.1) is 7.11 Å². The van der Waals surface area contributed by atoms with E-state index in [1.54, 1.807) is 13.0 Å². The van der Waals surface area contributed by atoms with E-state index in [1.165, 1.54) is 13.2 Å². The Hall–Kier alpha value is -3.61. The van der Waals surface area contributed by atoms with Crippen LogP contribution in [0.5, 0.6) is 5.75 Å². The second-order valence-corrected chi connectivity index (χ2v) is 7.59. The minimum atomic E-state index is -0.891. The number of hydrogen-bond donors (Lipinski definition) is 1. The predicted molar refractivity (Wildman–Crippen MR) is 121 cm³/mol. The zero-order valence-corrected chi connectivity index (χ0v) is 18.6. The Balaban J connectivity index is 1.79. The summed E-state index contributed by atoms with van der Waals surface area (Å²) in [6.07, 6.45) is 0.0704. The van der Waals surface area contributed by atoms with Gasteiger partial charge in [-0.05, 0) is 43.0 Å². The van der Waals surface area contributed by atoms with Crippen molar-refractivity contribution in [3.63, 3.8) is 0 Å². The third kappa shape index (κ3) is 5.35. The zero-order valence-electron chi connectivity index (χ0n) is 18.6. The molecule has 1 N–H and O–H groups in total. The first-order chi connectivity index (χ1) is 15.3. The quantitative estimate of drug-likeness (QED) is 0.429. The van der Waals surface area contributed by atoms with Crippen LogP contribution in [0.4, 0.5) is 0 Å². The van der Waals surface area contributed by atoms with Crippen LogP contribution < -0.4 is 15.7 Å². The van der Waals surface area contributed by atoms with Gasteiger partial charge >= 0.3 is 11.6 Å². The van der Waals surface area contributed by atoms with Crippen molar-refractivity contribution >= 4 is 22.8 Å². The van der Waals surface area contributed by atoms with Crippen LogP contribution in [-0.4, -0.2) is 31.1 Å². The number of carbonyl (C=O) groups excluding carboxylic acids is 2. The SMILES string of the molecule is CCc1cc2c(C)cc(=O)oc2cc1OC(C)C(=O)NC(Cc1ccccc1)C(=O)OC. The van der Waals surface area contributed by atoms with Gasteiger partial charge in [0.1, 0.15) is 17.4 Å². The van der Waals surface area contributed by atoms with Crippen LogP contribution in [0.25, 0.3) is 11.0 Å². The fourth-order valence-electron chi connectivity index (χ4n) is 3.50. The Kier molecular flexibility index (Phi) is 7.30. The van der Waals surface area contributed by atoms with Crippen molar-refractivity contribution in [1.82, 2.24) is 5.32 Å². The Labute approximate surface area is 186 Å². The molecule has 1 amide bonds. The fraction of sp³-hybridized carbons (Fsp3) is 0.320. The topological polar surface area (TPSA) is 94.8 Å². The van der Waals surface area contributed by atoms with Crippen molar-refractivity contribution in [1.29, 1.82) is 0 Å². The molecular weight excluding hydrogens is 410 g/mol. The number of nitrogens with one attached hydrogen (secondary N) is 1. The van der Waals surface area contributed by atoms with Gasteiger partial charge in [-0.3, -0.25) is 4.79 Å². The Morgan fingerprint density at radius 1 is 1.12 bits per heavy atom. The molecule has 7 heteroatoms. The van der Waals surface area contributed by atoms with Crippen LogP contribution in [0, 0.1) is 6.92 Å². The smallest absolute Gasteiger partial charge is 0.336 e. The van der Waals surface area contributed by atoms with Crippen molar-refractivity contribution in [3.8, 4) is 5.75 Å². The molecule has 3 aromatic rings. The molecule has 1 aromatic heterocycles. The lowest BCUT2D eigenvalue weighted by Crippen LogP contribution is -2.47. The van der Waals surface area contributed by atoms with Gasteiger partial charge in [0.15, 0.2) is 6.10 Å². The molecule has 2 atom stereocenters. The van der Waals surface area contributed by atoms with E-state index in [9.17, 15) is 14.4 Å². The van der Waals surface area contributed by atoms with Crippen LogP contribution in [0.2, 0.25) is 0 Å². The van der Waals surface area contributed by atoms with Crippen LogP contribution in [0.3, 0.4) is 0 Å². The molecule has 2 aromatic carbocycles. The molecule has 0 radical (unpaired) electrons. The molecule has 2 unspecified atom stereocenters. The maximum absolute atomic E-state index is 12.8. The van der Waals surface area contributed by atoms with Crippen molar-refractivity contribution in [2.24, 2.45) is 0 Å². The summed E-state index contributed by atoms with van der Waals surface area (Å²) >= 11 is 0. The van der Waals surface area contributed by atoms with Crippen molar-refractivity contribution in [3.05, 3.63) is 75.6 Å². The summed E-state index contributed by atoms with van der Waals surface area (Å²) in [5, 5.41) is 3.54. The van der Waals surface area contributed by atoms with E-state index < -0.39 is 29.6 Å². The number of rotatable bonds is 8. The normalized spacial score (nSPS) is 12.8. The average molecular weight is 437 g/mol. The predicted octanol–water partition coefficient (Wildman–Crippen LogP) is 3.33. The number of benzene rings is 2. The summed E-state index contributed by atoms with van der Waals surface area (Å²) in [5.74, 6) is -0.537. The van der Waals surface area contributed by atoms with Crippen molar-refractivity contribution in [2.75, 3.05) is 7.11 Å². The maximum Gasteiger partial charge on any atom is 0.336 e. The van der Waals surface area contributed by atoms with E-state index in [0.717, 1.165) is 22.1 Å². The second-order valence-electron chi connectivity index (χ2n) is 7.59. The number of aryl methyl sites for hydroxylation is 2. The van der Waals surface area contributed by atoms with Crippen LogP contribution in [-0.2, 0) is 27.2 Å². The summed E-state index contributed by atoms with van der Waals surface area (Å²) in [5.41, 5.74) is 2.53. The summed E-state index contributed by atoms with van der Waals surface area (Å²) in [4.78, 5) is 36.8. The van der Waals surface area contributed by atoms with Gasteiger partial charge in [0, 0.05) is 23.9 Å². The van der Waals surface area contributed by atoms with E-state index in [2.05, 4.69) is 5.32 Å². The molecule has 0 fully saturated rings. The number of esters is 1. The number of ether oxygens (including phenoxy) is 2. The molecule has 7 nitrogen and oxygen atoms in total. The monoisotopic (exact) mass is 437 g/mol. The lowest BCUT2D eigenvalue weighted by atomic mass is 10.0. The Morgan fingerprint density at radius 2 is 1.84 bits per heavy atom. The van der Waals surface area contributed by atoms with Crippen LogP contribution in [0.15, 0.2) is 57.7 Å². The van der Waals surface area contributed by atoms with E-state index >= 15 is 0 Å². The first kappa shape index (κ1) is 23.1. The lowest BCUT2D eigenvalue weighted by Gasteiger charge is -2.21. The van der Waals surface area contributed by atoms with E-state index in [1.807, 2.05) is 50.2 Å². The van der Waals surface area contributed by atoms with E-state index in [0.29, 0.717) is 24.2 Å². The summed E-state index contributed by atoms with van der Waals surface area (Å²) in [6, 6.07) is 13.5. The molecule has 0 aliphatic heterocycles. The van der Waals surface area contributed by atoms with Crippen molar-refractivity contribution in [2.45, 2.75) is 45.8 Å². The Bertz CT molecular complexity index is 1170. The molecule has 0 aliphatic rings. The molecule has 168 valence electrons. The summed E-state index contributed by atoms with van der Waals surface area (Å²) in [6.45, 7) is 5.41. The van der Waals surface area contributed by atoms with Crippen molar-refractivity contribution < 1.29 is 23.5 Å². The molecule has 0 spiro atoms. The van der Waals surface area contributed by atoms with Gasteiger partial charge in [-0.1, -0.05) is 37.3 Å². The molecule has 1 heterocycles. The molecule has 0 aliphatic carbocycles. The minimum Gasteiger partial charge on any atom is -0.480 e. The summed E-state index contributed by atoms with van der Waals surface area (Å²) < 4.78 is 16.1. The molecule has 3 rings (SSSR count). The zero-order chi connectivity index (χ0) is 23.3. The molecule has 0 bridgehead atoms. The third-order valence-electron chi connectivity index (χ3n) is 5.27. The van der Waals surface area contributed by atoms with E-state index in [-0.39, 0.29) is 0 Å². The second kappa shape index (κ2) is 10.1.